The largest absolute Gasteiger partial charge is 0.504 e. The first kappa shape index (κ1) is 11.5. The van der Waals surface area contributed by atoms with E-state index in [9.17, 15) is 15.0 Å². The molecule has 0 aliphatic heterocycles. The number of benzene rings is 1. The maximum atomic E-state index is 10.8. The summed E-state index contributed by atoms with van der Waals surface area (Å²) in [6.07, 6.45) is 0. The predicted molar refractivity (Wildman–Crippen MR) is 55.8 cm³/mol. The van der Waals surface area contributed by atoms with Crippen LogP contribution in [0.25, 0.3) is 0 Å². The Bertz CT molecular complexity index is 413. The monoisotopic (exact) mass is 230 g/mol. The van der Waals surface area contributed by atoms with Gasteiger partial charge in [0.15, 0.2) is 11.5 Å². The maximum Gasteiger partial charge on any atom is 0.336 e. The molecule has 1 unspecified atom stereocenters. The number of carboxylic acid groups (broad SMARTS) is 1. The highest BCUT2D eigenvalue weighted by atomic mass is 32.1. The lowest BCUT2D eigenvalue weighted by molar-refractivity contribution is 0.0694. The number of carboxylic acids is 1. The number of thiol groups is 1. The lowest BCUT2D eigenvalue weighted by atomic mass is 10.0. The number of carbonyl (C=O) groups is 1. The van der Waals surface area contributed by atoms with E-state index in [1.54, 1.807) is 6.92 Å². The van der Waals surface area contributed by atoms with Crippen LogP contribution >= 0.6 is 12.6 Å². The molecule has 82 valence electrons. The van der Waals surface area contributed by atoms with Gasteiger partial charge in [0.1, 0.15) is 0 Å². The predicted octanol–water partition coefficient (Wildman–Crippen LogP) is 1.49. The van der Waals surface area contributed by atoms with E-state index in [1.807, 2.05) is 0 Å². The van der Waals surface area contributed by atoms with Gasteiger partial charge in [-0.25, -0.2) is 4.79 Å². The fourth-order valence-electron chi connectivity index (χ4n) is 1.26. The molecule has 0 spiro atoms. The van der Waals surface area contributed by atoms with E-state index >= 15 is 0 Å². The molecule has 0 saturated carbocycles. The first-order chi connectivity index (χ1) is 6.86. The Morgan fingerprint density at radius 1 is 1.33 bits per heavy atom. The van der Waals surface area contributed by atoms with Crippen molar-refractivity contribution >= 4 is 18.6 Å². The molecule has 0 aliphatic rings. The fraction of sp³-hybridized carbons (Fsp3) is 0.222. The second-order valence-electron chi connectivity index (χ2n) is 3.04. The Morgan fingerprint density at radius 3 is 2.27 bits per heavy atom. The third-order valence-electron chi connectivity index (χ3n) is 1.94. The molecule has 1 atom stereocenters. The average molecular weight is 230 g/mol. The second-order valence-corrected chi connectivity index (χ2v) is 3.81. The molecule has 1 rings (SSSR count). The summed E-state index contributed by atoms with van der Waals surface area (Å²) in [5, 5.41) is 36.0. The topological polar surface area (TPSA) is 98.0 Å². The minimum absolute atomic E-state index is 0.0267. The van der Waals surface area contributed by atoms with Crippen LogP contribution in [0, 0.1) is 0 Å². The maximum absolute atomic E-state index is 10.8. The third kappa shape index (κ3) is 1.94. The summed E-state index contributed by atoms with van der Waals surface area (Å²) < 4.78 is 0. The van der Waals surface area contributed by atoms with Crippen molar-refractivity contribution < 1.29 is 25.2 Å². The smallest absolute Gasteiger partial charge is 0.336 e. The lowest BCUT2D eigenvalue weighted by Gasteiger charge is -2.13. The minimum Gasteiger partial charge on any atom is -0.504 e. The second kappa shape index (κ2) is 3.90. The van der Waals surface area contributed by atoms with Crippen molar-refractivity contribution in [2.45, 2.75) is 12.2 Å². The van der Waals surface area contributed by atoms with Crippen LogP contribution in [-0.2, 0) is 0 Å². The zero-order valence-electron chi connectivity index (χ0n) is 7.80. The van der Waals surface area contributed by atoms with Crippen molar-refractivity contribution in [3.8, 4) is 17.2 Å². The Balaban J connectivity index is 3.58. The van der Waals surface area contributed by atoms with Crippen LogP contribution in [0.15, 0.2) is 6.07 Å². The van der Waals surface area contributed by atoms with Crippen LogP contribution < -0.4 is 0 Å². The number of phenolic OH excluding ortho intramolecular Hbond substituents is 3. The summed E-state index contributed by atoms with van der Waals surface area (Å²) in [5.74, 6) is -3.38. The van der Waals surface area contributed by atoms with Crippen molar-refractivity contribution in [3.05, 3.63) is 17.2 Å². The fourth-order valence-corrected chi connectivity index (χ4v) is 1.52. The van der Waals surface area contributed by atoms with Crippen molar-refractivity contribution in [2.24, 2.45) is 0 Å². The quantitative estimate of drug-likeness (QED) is 0.391. The average Bonchev–Trinajstić information content (AvgIpc) is 2.12. The highest BCUT2D eigenvalue weighted by Crippen LogP contribution is 2.43. The Hall–Kier alpha value is -1.56. The number of phenols is 3. The number of aromatic hydroxyl groups is 3. The summed E-state index contributed by atoms with van der Waals surface area (Å²) in [6.45, 7) is 1.54. The Kier molecular flexibility index (Phi) is 2.99. The van der Waals surface area contributed by atoms with E-state index in [4.69, 9.17) is 10.2 Å². The Labute approximate surface area is 91.0 Å². The van der Waals surface area contributed by atoms with Gasteiger partial charge in [0, 0.05) is 10.8 Å². The van der Waals surface area contributed by atoms with Gasteiger partial charge in [-0.05, 0) is 13.0 Å². The summed E-state index contributed by atoms with van der Waals surface area (Å²) in [4.78, 5) is 10.8. The molecule has 15 heavy (non-hydrogen) atoms. The van der Waals surface area contributed by atoms with E-state index in [-0.39, 0.29) is 11.1 Å². The molecule has 0 aliphatic carbocycles. The SMILES string of the molecule is CC(S)c1c(C(=O)O)cc(O)c(O)c1O. The standard InChI is InChI=1S/C9H10O5S/c1-3(15)6-4(9(13)14)2-5(10)7(11)8(6)12/h2-3,10-12,15H,1H3,(H,13,14). The van der Waals surface area contributed by atoms with Gasteiger partial charge >= 0.3 is 5.97 Å². The molecule has 4 N–H and O–H groups in total. The van der Waals surface area contributed by atoms with E-state index in [0.29, 0.717) is 0 Å². The van der Waals surface area contributed by atoms with Crippen LogP contribution in [0.5, 0.6) is 17.2 Å². The summed E-state index contributed by atoms with van der Waals surface area (Å²) in [7, 11) is 0. The van der Waals surface area contributed by atoms with Crippen molar-refractivity contribution in [1.29, 1.82) is 0 Å². The first-order valence-electron chi connectivity index (χ1n) is 4.05. The van der Waals surface area contributed by atoms with E-state index in [1.165, 1.54) is 0 Å². The molecule has 6 heteroatoms. The third-order valence-corrected chi connectivity index (χ3v) is 2.20. The zero-order valence-corrected chi connectivity index (χ0v) is 8.69. The zero-order chi connectivity index (χ0) is 11.7. The lowest BCUT2D eigenvalue weighted by Crippen LogP contribution is -2.03. The molecule has 0 bridgehead atoms. The summed E-state index contributed by atoms with van der Waals surface area (Å²) >= 11 is 3.99. The molecule has 1 aromatic carbocycles. The molecule has 5 nitrogen and oxygen atoms in total. The van der Waals surface area contributed by atoms with Crippen LogP contribution in [0.4, 0.5) is 0 Å². The van der Waals surface area contributed by atoms with E-state index < -0.39 is 28.5 Å². The molecule has 0 saturated heterocycles. The van der Waals surface area contributed by atoms with Gasteiger partial charge in [-0.1, -0.05) is 0 Å². The summed E-state index contributed by atoms with van der Waals surface area (Å²) in [5.41, 5.74) is -0.313. The van der Waals surface area contributed by atoms with Crippen LogP contribution in [-0.4, -0.2) is 26.4 Å². The summed E-state index contributed by atoms with van der Waals surface area (Å²) in [6, 6.07) is 0.874. The molecule has 0 heterocycles. The normalized spacial score (nSPS) is 12.4. The minimum atomic E-state index is -1.31. The first-order valence-corrected chi connectivity index (χ1v) is 4.57. The van der Waals surface area contributed by atoms with Gasteiger partial charge in [-0.15, -0.1) is 0 Å². The number of hydrogen-bond acceptors (Lipinski definition) is 5. The van der Waals surface area contributed by atoms with Gasteiger partial charge in [0.05, 0.1) is 5.56 Å². The number of rotatable bonds is 2. The van der Waals surface area contributed by atoms with Crippen molar-refractivity contribution in [2.75, 3.05) is 0 Å². The molecule has 0 radical (unpaired) electrons. The number of aromatic carboxylic acids is 1. The Morgan fingerprint density at radius 2 is 1.87 bits per heavy atom. The van der Waals surface area contributed by atoms with Gasteiger partial charge < -0.3 is 20.4 Å². The van der Waals surface area contributed by atoms with E-state index in [2.05, 4.69) is 12.6 Å². The molecule has 1 aromatic rings. The van der Waals surface area contributed by atoms with E-state index in [0.717, 1.165) is 6.07 Å². The van der Waals surface area contributed by atoms with Gasteiger partial charge in [-0.2, -0.15) is 12.6 Å². The van der Waals surface area contributed by atoms with Crippen LogP contribution in [0.1, 0.15) is 28.1 Å². The molecule has 0 aromatic heterocycles. The van der Waals surface area contributed by atoms with Crippen LogP contribution in [0.2, 0.25) is 0 Å². The number of hydrogen-bond donors (Lipinski definition) is 5. The highest BCUT2D eigenvalue weighted by Gasteiger charge is 2.23. The molecular formula is C9H10O5S. The molecular weight excluding hydrogens is 220 g/mol. The van der Waals surface area contributed by atoms with Crippen molar-refractivity contribution in [1.82, 2.24) is 0 Å². The van der Waals surface area contributed by atoms with Crippen molar-refractivity contribution in [3.63, 3.8) is 0 Å². The van der Waals surface area contributed by atoms with Gasteiger partial charge in [0.2, 0.25) is 5.75 Å². The van der Waals surface area contributed by atoms with Gasteiger partial charge in [0.25, 0.3) is 0 Å². The molecule has 0 amide bonds. The molecule has 0 fully saturated rings. The highest BCUT2D eigenvalue weighted by molar-refractivity contribution is 7.80. The van der Waals surface area contributed by atoms with Gasteiger partial charge in [-0.3, -0.25) is 0 Å². The van der Waals surface area contributed by atoms with Crippen LogP contribution in [0.3, 0.4) is 0 Å².